The number of carbonyl (C=O) groups is 1. The highest BCUT2D eigenvalue weighted by Crippen LogP contribution is 1.90. The summed E-state index contributed by atoms with van der Waals surface area (Å²) >= 11 is 0. The minimum Gasteiger partial charge on any atom is -0.465 e. The zero-order valence-electron chi connectivity index (χ0n) is 6.37. The van der Waals surface area contributed by atoms with Gasteiger partial charge in [0.05, 0.1) is 0 Å². The predicted octanol–water partition coefficient (Wildman–Crippen LogP) is 0.334. The van der Waals surface area contributed by atoms with Crippen LogP contribution in [0.4, 0.5) is 4.79 Å². The zero-order valence-corrected chi connectivity index (χ0v) is 6.37. The fourth-order valence-electron chi connectivity index (χ4n) is 0.493. The normalized spacial score (nSPS) is 12.7. The third kappa shape index (κ3) is 4.14. The van der Waals surface area contributed by atoms with Crippen LogP contribution in [0, 0.1) is 0 Å². The molecule has 0 aromatic heterocycles. The molecule has 60 valence electrons. The molecule has 0 saturated carbocycles. The Morgan fingerprint density at radius 1 is 1.80 bits per heavy atom. The molecule has 1 atom stereocenters. The van der Waals surface area contributed by atoms with Gasteiger partial charge in [-0.3, -0.25) is 0 Å². The van der Waals surface area contributed by atoms with Gasteiger partial charge in [0.1, 0.15) is 0 Å². The van der Waals surface area contributed by atoms with Gasteiger partial charge in [0.25, 0.3) is 0 Å². The maximum absolute atomic E-state index is 10.2. The largest absolute Gasteiger partial charge is 0.465 e. The number of hydrogen-bond acceptors (Lipinski definition) is 2. The van der Waals surface area contributed by atoms with Crippen molar-refractivity contribution in [3.8, 4) is 0 Å². The number of hydrogen-bond donors (Lipinski definition) is 2. The lowest BCUT2D eigenvalue weighted by Gasteiger charge is -2.13. The SMILES string of the molecule is CC(N)CCN(C)C(=O)O. The molecule has 0 aromatic rings. The molecule has 0 aliphatic rings. The van der Waals surface area contributed by atoms with Crippen LogP contribution in [0.15, 0.2) is 0 Å². The second kappa shape index (κ2) is 4.11. The van der Waals surface area contributed by atoms with Crippen molar-refractivity contribution < 1.29 is 9.90 Å². The van der Waals surface area contributed by atoms with Crippen LogP contribution in [0.1, 0.15) is 13.3 Å². The Morgan fingerprint density at radius 3 is 2.60 bits per heavy atom. The van der Waals surface area contributed by atoms with E-state index < -0.39 is 6.09 Å². The molecule has 0 aliphatic carbocycles. The molecule has 0 aliphatic heterocycles. The summed E-state index contributed by atoms with van der Waals surface area (Å²) in [7, 11) is 1.53. The molecule has 4 nitrogen and oxygen atoms in total. The molecule has 0 bridgehead atoms. The first-order chi connectivity index (χ1) is 4.54. The number of rotatable bonds is 3. The van der Waals surface area contributed by atoms with Crippen LogP contribution < -0.4 is 5.73 Å². The number of carboxylic acid groups (broad SMARTS) is 1. The van der Waals surface area contributed by atoms with Gasteiger partial charge in [0.2, 0.25) is 0 Å². The van der Waals surface area contributed by atoms with E-state index in [9.17, 15) is 4.79 Å². The van der Waals surface area contributed by atoms with E-state index in [1.165, 1.54) is 11.9 Å². The molecule has 0 rings (SSSR count). The Morgan fingerprint density at radius 2 is 2.30 bits per heavy atom. The summed E-state index contributed by atoms with van der Waals surface area (Å²) in [5.41, 5.74) is 5.42. The molecule has 1 unspecified atom stereocenters. The molecular formula is C6H14N2O2. The molecule has 4 heteroatoms. The highest BCUT2D eigenvalue weighted by molar-refractivity contribution is 5.64. The summed E-state index contributed by atoms with van der Waals surface area (Å²) < 4.78 is 0. The van der Waals surface area contributed by atoms with Crippen molar-refractivity contribution in [2.24, 2.45) is 5.73 Å². The summed E-state index contributed by atoms with van der Waals surface area (Å²) in [4.78, 5) is 11.4. The van der Waals surface area contributed by atoms with Gasteiger partial charge in [-0.1, -0.05) is 0 Å². The van der Waals surface area contributed by atoms with Gasteiger partial charge in [-0.25, -0.2) is 4.79 Å². The van der Waals surface area contributed by atoms with Crippen LogP contribution in [-0.4, -0.2) is 35.7 Å². The number of amides is 1. The smallest absolute Gasteiger partial charge is 0.407 e. The lowest BCUT2D eigenvalue weighted by molar-refractivity contribution is 0.155. The first-order valence-electron chi connectivity index (χ1n) is 3.23. The van der Waals surface area contributed by atoms with E-state index >= 15 is 0 Å². The van der Waals surface area contributed by atoms with E-state index in [0.29, 0.717) is 13.0 Å². The van der Waals surface area contributed by atoms with Gasteiger partial charge in [-0.05, 0) is 13.3 Å². The fraction of sp³-hybridized carbons (Fsp3) is 0.833. The minimum absolute atomic E-state index is 0.0711. The van der Waals surface area contributed by atoms with Crippen molar-refractivity contribution in [3.05, 3.63) is 0 Å². The van der Waals surface area contributed by atoms with E-state index in [0.717, 1.165) is 0 Å². The Bertz CT molecular complexity index is 114. The molecular weight excluding hydrogens is 132 g/mol. The summed E-state index contributed by atoms with van der Waals surface area (Å²) in [5, 5.41) is 8.38. The topological polar surface area (TPSA) is 66.6 Å². The van der Waals surface area contributed by atoms with Crippen LogP contribution in [-0.2, 0) is 0 Å². The Kier molecular flexibility index (Phi) is 3.79. The van der Waals surface area contributed by atoms with Crippen molar-refractivity contribution in [2.45, 2.75) is 19.4 Å². The molecule has 0 aromatic carbocycles. The lowest BCUT2D eigenvalue weighted by atomic mass is 10.2. The maximum Gasteiger partial charge on any atom is 0.407 e. The first-order valence-corrected chi connectivity index (χ1v) is 3.23. The number of nitrogens with two attached hydrogens (primary N) is 1. The molecule has 10 heavy (non-hydrogen) atoms. The van der Waals surface area contributed by atoms with Gasteiger partial charge in [0, 0.05) is 19.6 Å². The first kappa shape index (κ1) is 9.23. The molecule has 1 amide bonds. The molecule has 0 heterocycles. The minimum atomic E-state index is -0.902. The van der Waals surface area contributed by atoms with E-state index in [4.69, 9.17) is 10.8 Å². The molecule has 0 fully saturated rings. The van der Waals surface area contributed by atoms with Gasteiger partial charge in [0.15, 0.2) is 0 Å². The summed E-state index contributed by atoms with van der Waals surface area (Å²) in [6.45, 7) is 2.36. The highest BCUT2D eigenvalue weighted by atomic mass is 16.4. The van der Waals surface area contributed by atoms with Crippen molar-refractivity contribution >= 4 is 6.09 Å². The van der Waals surface area contributed by atoms with Crippen LogP contribution in [0.2, 0.25) is 0 Å². The number of nitrogens with zero attached hydrogens (tertiary/aromatic N) is 1. The van der Waals surface area contributed by atoms with Gasteiger partial charge in [-0.2, -0.15) is 0 Å². The van der Waals surface area contributed by atoms with Crippen LogP contribution in [0.5, 0.6) is 0 Å². The highest BCUT2D eigenvalue weighted by Gasteiger charge is 2.04. The second-order valence-corrected chi connectivity index (χ2v) is 2.47. The standard InChI is InChI=1S/C6H14N2O2/c1-5(7)3-4-8(2)6(9)10/h5H,3-4,7H2,1-2H3,(H,9,10). The molecule has 3 N–H and O–H groups in total. The average molecular weight is 146 g/mol. The van der Waals surface area contributed by atoms with Crippen LogP contribution in [0.3, 0.4) is 0 Å². The van der Waals surface area contributed by atoms with Crippen molar-refractivity contribution in [3.63, 3.8) is 0 Å². The third-order valence-electron chi connectivity index (χ3n) is 1.25. The van der Waals surface area contributed by atoms with Crippen molar-refractivity contribution in [1.82, 2.24) is 4.90 Å². The third-order valence-corrected chi connectivity index (χ3v) is 1.25. The van der Waals surface area contributed by atoms with Gasteiger partial charge < -0.3 is 15.7 Å². The summed E-state index contributed by atoms with van der Waals surface area (Å²) in [6, 6.07) is 0.0711. The van der Waals surface area contributed by atoms with Gasteiger partial charge >= 0.3 is 6.09 Å². The summed E-state index contributed by atoms with van der Waals surface area (Å²) in [6.07, 6.45) is -0.191. The van der Waals surface area contributed by atoms with E-state index in [1.54, 1.807) is 0 Å². The van der Waals surface area contributed by atoms with E-state index in [1.807, 2.05) is 6.92 Å². The lowest BCUT2D eigenvalue weighted by Crippen LogP contribution is -2.29. The molecule has 0 radical (unpaired) electrons. The Hall–Kier alpha value is -0.770. The summed E-state index contributed by atoms with van der Waals surface area (Å²) in [5.74, 6) is 0. The van der Waals surface area contributed by atoms with Crippen molar-refractivity contribution in [2.75, 3.05) is 13.6 Å². The quantitative estimate of drug-likeness (QED) is 0.603. The van der Waals surface area contributed by atoms with Gasteiger partial charge in [-0.15, -0.1) is 0 Å². The maximum atomic E-state index is 10.2. The fourth-order valence-corrected chi connectivity index (χ4v) is 0.493. The molecule has 0 saturated heterocycles. The van der Waals surface area contributed by atoms with E-state index in [-0.39, 0.29) is 6.04 Å². The second-order valence-electron chi connectivity index (χ2n) is 2.47. The Balaban J connectivity index is 3.40. The molecule has 0 spiro atoms. The van der Waals surface area contributed by atoms with Crippen molar-refractivity contribution in [1.29, 1.82) is 0 Å². The van der Waals surface area contributed by atoms with E-state index in [2.05, 4.69) is 0 Å². The zero-order chi connectivity index (χ0) is 8.15. The van der Waals surface area contributed by atoms with Crippen LogP contribution in [0.25, 0.3) is 0 Å². The Labute approximate surface area is 60.6 Å². The predicted molar refractivity (Wildman–Crippen MR) is 38.9 cm³/mol. The monoisotopic (exact) mass is 146 g/mol. The average Bonchev–Trinajstić information content (AvgIpc) is 1.82. The van der Waals surface area contributed by atoms with Crippen LogP contribution >= 0.6 is 0 Å².